The van der Waals surface area contributed by atoms with E-state index >= 15 is 0 Å². The molecule has 0 heterocycles. The number of hydrogen-bond donors (Lipinski definition) is 1. The van der Waals surface area contributed by atoms with Crippen LogP contribution in [0.1, 0.15) is 18.4 Å². The van der Waals surface area contributed by atoms with Crippen molar-refractivity contribution in [2.45, 2.75) is 12.8 Å². The molecule has 0 aliphatic rings. The zero-order valence-corrected chi connectivity index (χ0v) is 12.0. The molecule has 6 heteroatoms. The summed E-state index contributed by atoms with van der Waals surface area (Å²) in [6, 6.07) is 4.07. The Bertz CT molecular complexity index is 599. The molecule has 0 fully saturated rings. The number of benzene rings is 1. The highest BCUT2D eigenvalue weighted by molar-refractivity contribution is 7.90. The number of aliphatic hydroxyl groups is 1. The summed E-state index contributed by atoms with van der Waals surface area (Å²) in [5.74, 6) is 5.28. The summed E-state index contributed by atoms with van der Waals surface area (Å²) in [6.45, 7) is 0.150. The third-order valence-electron chi connectivity index (χ3n) is 2.27. The first-order valence-electron chi connectivity index (χ1n) is 6.11. The van der Waals surface area contributed by atoms with Gasteiger partial charge in [0.05, 0.1) is 19.0 Å². The van der Waals surface area contributed by atoms with Gasteiger partial charge in [0.25, 0.3) is 0 Å². The molecule has 0 unspecified atom stereocenters. The monoisotopic (exact) mass is 300 g/mol. The van der Waals surface area contributed by atoms with Crippen LogP contribution in [0.15, 0.2) is 18.2 Å². The van der Waals surface area contributed by atoms with E-state index in [0.717, 1.165) is 6.26 Å². The molecule has 1 rings (SSSR count). The molecule has 110 valence electrons. The summed E-state index contributed by atoms with van der Waals surface area (Å²) >= 11 is 0. The fourth-order valence-electron chi connectivity index (χ4n) is 1.45. The Morgan fingerprint density at radius 1 is 1.35 bits per heavy atom. The molecular weight excluding hydrogens is 283 g/mol. The Balaban J connectivity index is 2.60. The molecule has 0 aliphatic heterocycles. The Labute approximate surface area is 118 Å². The Morgan fingerprint density at radius 3 is 2.75 bits per heavy atom. The van der Waals surface area contributed by atoms with Gasteiger partial charge in [0.15, 0.2) is 0 Å². The predicted octanol–water partition coefficient (Wildman–Crippen LogP) is 1.37. The van der Waals surface area contributed by atoms with Crippen LogP contribution in [-0.4, -0.2) is 38.7 Å². The minimum Gasteiger partial charge on any atom is -0.493 e. The molecule has 1 aromatic carbocycles. The molecule has 0 atom stereocenters. The number of aliphatic hydroxyl groups excluding tert-OH is 1. The van der Waals surface area contributed by atoms with E-state index < -0.39 is 15.7 Å². The van der Waals surface area contributed by atoms with Crippen LogP contribution in [0.3, 0.4) is 0 Å². The number of halogens is 1. The van der Waals surface area contributed by atoms with Crippen molar-refractivity contribution in [1.82, 2.24) is 0 Å². The van der Waals surface area contributed by atoms with E-state index in [9.17, 15) is 12.8 Å². The van der Waals surface area contributed by atoms with Gasteiger partial charge in [-0.2, -0.15) is 0 Å². The molecule has 0 spiro atoms. The van der Waals surface area contributed by atoms with Crippen molar-refractivity contribution in [1.29, 1.82) is 0 Å². The first-order chi connectivity index (χ1) is 9.40. The van der Waals surface area contributed by atoms with Crippen LogP contribution in [-0.2, 0) is 9.84 Å². The van der Waals surface area contributed by atoms with Crippen molar-refractivity contribution in [2.75, 3.05) is 25.2 Å². The van der Waals surface area contributed by atoms with E-state index in [1.807, 2.05) is 0 Å². The first kappa shape index (κ1) is 16.5. The molecule has 0 saturated heterocycles. The maximum atomic E-state index is 13.3. The second-order valence-electron chi connectivity index (χ2n) is 4.28. The molecule has 0 radical (unpaired) electrons. The van der Waals surface area contributed by atoms with Crippen LogP contribution in [0, 0.1) is 17.7 Å². The molecule has 1 aromatic rings. The fourth-order valence-corrected chi connectivity index (χ4v) is 2.09. The standard InChI is InChI=1S/C14H17FO4S/c1-20(17,18)8-4-7-19-14-10-12(5-2-3-6-16)9-13(15)11-14/h9-11,16H,3-4,6-8H2,1H3. The van der Waals surface area contributed by atoms with Crippen molar-refractivity contribution >= 4 is 9.84 Å². The zero-order chi connectivity index (χ0) is 15.0. The molecule has 0 saturated carbocycles. The van der Waals surface area contributed by atoms with Crippen molar-refractivity contribution in [3.8, 4) is 17.6 Å². The lowest BCUT2D eigenvalue weighted by Gasteiger charge is -2.06. The van der Waals surface area contributed by atoms with Crippen LogP contribution in [0.4, 0.5) is 4.39 Å². The first-order valence-corrected chi connectivity index (χ1v) is 8.17. The van der Waals surface area contributed by atoms with Gasteiger partial charge in [0.1, 0.15) is 21.4 Å². The minimum atomic E-state index is -3.01. The van der Waals surface area contributed by atoms with Crippen LogP contribution >= 0.6 is 0 Å². The summed E-state index contributed by atoms with van der Waals surface area (Å²) in [6.07, 6.45) is 1.83. The normalized spacial score (nSPS) is 10.8. The van der Waals surface area contributed by atoms with E-state index in [1.165, 1.54) is 12.1 Å². The number of sulfone groups is 1. The summed E-state index contributed by atoms with van der Waals surface area (Å²) in [4.78, 5) is 0. The maximum Gasteiger partial charge on any atom is 0.147 e. The van der Waals surface area contributed by atoms with Crippen molar-refractivity contribution < 1.29 is 22.7 Å². The topological polar surface area (TPSA) is 63.6 Å². The molecule has 0 aliphatic carbocycles. The minimum absolute atomic E-state index is 0.0332. The van der Waals surface area contributed by atoms with E-state index in [2.05, 4.69) is 11.8 Å². The van der Waals surface area contributed by atoms with Crippen molar-refractivity contribution in [3.05, 3.63) is 29.6 Å². The average molecular weight is 300 g/mol. The van der Waals surface area contributed by atoms with E-state index in [1.54, 1.807) is 6.07 Å². The lowest BCUT2D eigenvalue weighted by atomic mass is 10.2. The van der Waals surface area contributed by atoms with Gasteiger partial charge in [0, 0.05) is 24.3 Å². The molecule has 4 nitrogen and oxygen atoms in total. The molecule has 0 bridgehead atoms. The predicted molar refractivity (Wildman–Crippen MR) is 74.8 cm³/mol. The van der Waals surface area contributed by atoms with E-state index in [-0.39, 0.29) is 19.0 Å². The summed E-state index contributed by atoms with van der Waals surface area (Å²) in [5.41, 5.74) is 0.455. The van der Waals surface area contributed by atoms with E-state index in [0.29, 0.717) is 24.2 Å². The molecule has 0 amide bonds. The van der Waals surface area contributed by atoms with E-state index in [4.69, 9.17) is 9.84 Å². The van der Waals surface area contributed by atoms with Crippen LogP contribution in [0.25, 0.3) is 0 Å². The van der Waals surface area contributed by atoms with Gasteiger partial charge in [0.2, 0.25) is 0 Å². The number of ether oxygens (including phenoxy) is 1. The van der Waals surface area contributed by atoms with Gasteiger partial charge in [-0.05, 0) is 18.6 Å². The molecule has 20 heavy (non-hydrogen) atoms. The Kier molecular flexibility index (Phi) is 6.49. The fraction of sp³-hybridized carbons (Fsp3) is 0.429. The summed E-state index contributed by atoms with van der Waals surface area (Å²) in [5, 5.41) is 8.61. The van der Waals surface area contributed by atoms with Crippen LogP contribution in [0.5, 0.6) is 5.75 Å². The lowest BCUT2D eigenvalue weighted by molar-refractivity contribution is 0.305. The van der Waals surface area contributed by atoms with Crippen molar-refractivity contribution in [3.63, 3.8) is 0 Å². The SMILES string of the molecule is CS(=O)(=O)CCCOc1cc(F)cc(C#CCCO)c1. The molecule has 0 aromatic heterocycles. The third-order valence-corrected chi connectivity index (χ3v) is 3.30. The largest absolute Gasteiger partial charge is 0.493 e. The Hall–Kier alpha value is -1.58. The van der Waals surface area contributed by atoms with Gasteiger partial charge >= 0.3 is 0 Å². The van der Waals surface area contributed by atoms with Crippen LogP contribution in [0.2, 0.25) is 0 Å². The quantitative estimate of drug-likeness (QED) is 0.637. The van der Waals surface area contributed by atoms with Gasteiger partial charge in [-0.1, -0.05) is 11.8 Å². The summed E-state index contributed by atoms with van der Waals surface area (Å²) in [7, 11) is -3.01. The Morgan fingerprint density at radius 2 is 2.10 bits per heavy atom. The summed E-state index contributed by atoms with van der Waals surface area (Å²) < 4.78 is 40.5. The van der Waals surface area contributed by atoms with Gasteiger partial charge < -0.3 is 9.84 Å². The highest BCUT2D eigenvalue weighted by Gasteiger charge is 2.03. The lowest BCUT2D eigenvalue weighted by Crippen LogP contribution is -2.08. The van der Waals surface area contributed by atoms with Crippen molar-refractivity contribution in [2.24, 2.45) is 0 Å². The average Bonchev–Trinajstić information content (AvgIpc) is 2.33. The van der Waals surface area contributed by atoms with Gasteiger partial charge in [-0.3, -0.25) is 0 Å². The highest BCUT2D eigenvalue weighted by atomic mass is 32.2. The highest BCUT2D eigenvalue weighted by Crippen LogP contribution is 2.16. The number of hydrogen-bond acceptors (Lipinski definition) is 4. The second kappa shape index (κ2) is 7.88. The third kappa shape index (κ3) is 7.12. The van der Waals surface area contributed by atoms with Gasteiger partial charge in [-0.25, -0.2) is 12.8 Å². The second-order valence-corrected chi connectivity index (χ2v) is 6.54. The smallest absolute Gasteiger partial charge is 0.147 e. The zero-order valence-electron chi connectivity index (χ0n) is 11.2. The molecular formula is C14H17FO4S. The molecule has 1 N–H and O–H groups in total. The van der Waals surface area contributed by atoms with Gasteiger partial charge in [-0.15, -0.1) is 0 Å². The number of rotatable bonds is 6. The van der Waals surface area contributed by atoms with Crippen LogP contribution < -0.4 is 4.74 Å². The maximum absolute atomic E-state index is 13.3.